The number of piperidine rings is 1. The molecule has 1 aromatic heterocycles. The predicted octanol–water partition coefficient (Wildman–Crippen LogP) is 4.97. The zero-order valence-corrected chi connectivity index (χ0v) is 22.3. The van der Waals surface area contributed by atoms with Crippen molar-refractivity contribution < 1.29 is 36.6 Å². The van der Waals surface area contributed by atoms with Gasteiger partial charge < -0.3 is 24.4 Å². The number of alkyl halides is 4. The number of likely N-dealkylation sites (tertiary alicyclic amines) is 1. The van der Waals surface area contributed by atoms with Gasteiger partial charge >= 0.3 is 12.4 Å². The molecule has 13 heteroatoms. The lowest BCUT2D eigenvalue weighted by Gasteiger charge is -2.31. The molecule has 2 heterocycles. The average Bonchev–Trinajstić information content (AvgIpc) is 3.20. The van der Waals surface area contributed by atoms with E-state index in [1.807, 2.05) is 18.0 Å². The Labute approximate surface area is 229 Å². The fourth-order valence-corrected chi connectivity index (χ4v) is 4.38. The van der Waals surface area contributed by atoms with Gasteiger partial charge in [0, 0.05) is 32.3 Å². The zero-order chi connectivity index (χ0) is 28.9. The molecule has 1 aliphatic heterocycles. The molecule has 1 unspecified atom stereocenters. The van der Waals surface area contributed by atoms with Gasteiger partial charge in [0.25, 0.3) is 0 Å². The number of ether oxygens (including phenoxy) is 3. The molecule has 216 valence electrons. The zero-order valence-electron chi connectivity index (χ0n) is 22.3. The first-order chi connectivity index (χ1) is 19.0. The minimum atomic E-state index is -4.90. The number of aromatic nitrogens is 2. The third-order valence-corrected chi connectivity index (χ3v) is 6.36. The Morgan fingerprint density at radius 2 is 1.93 bits per heavy atom. The molecule has 1 fully saturated rings. The number of halogens is 4. The monoisotopic (exact) mass is 565 g/mol. The molecule has 0 aliphatic carbocycles. The fraction of sp³-hybridized carbons (Fsp3) is 0.407. The number of urea groups is 1. The first-order valence-corrected chi connectivity index (χ1v) is 12.6. The summed E-state index contributed by atoms with van der Waals surface area (Å²) in [5.41, 5.74) is 1.79. The number of carbonyl (C=O) groups excluding carboxylic acids is 1. The molecule has 2 N–H and O–H groups in total. The number of benzene rings is 2. The third kappa shape index (κ3) is 7.42. The average molecular weight is 566 g/mol. The second kappa shape index (κ2) is 12.6. The minimum Gasteiger partial charge on any atom is -0.470 e. The maximum absolute atomic E-state index is 14.7. The normalized spacial score (nSPS) is 17.9. The van der Waals surface area contributed by atoms with Crippen LogP contribution in [0.2, 0.25) is 0 Å². The molecule has 4 rings (SSSR count). The number of para-hydroxylation sites is 1. The topological polar surface area (TPSA) is 89.9 Å². The lowest BCUT2D eigenvalue weighted by molar-refractivity contribution is -0.274. The summed E-state index contributed by atoms with van der Waals surface area (Å²) in [6.45, 7) is 2.49. The Morgan fingerprint density at radius 1 is 1.18 bits per heavy atom. The second-order valence-electron chi connectivity index (χ2n) is 9.48. The fourth-order valence-electron chi connectivity index (χ4n) is 4.38. The number of hydrogen-bond donors (Lipinski definition) is 2. The van der Waals surface area contributed by atoms with E-state index in [0.29, 0.717) is 29.8 Å². The van der Waals surface area contributed by atoms with E-state index in [2.05, 4.69) is 20.5 Å². The quantitative estimate of drug-likeness (QED) is 0.357. The lowest BCUT2D eigenvalue weighted by Crippen LogP contribution is -2.45. The van der Waals surface area contributed by atoms with Crippen LogP contribution in [0.4, 0.5) is 28.2 Å². The van der Waals surface area contributed by atoms with Gasteiger partial charge in [0.15, 0.2) is 0 Å². The van der Waals surface area contributed by atoms with Crippen molar-refractivity contribution in [3.63, 3.8) is 0 Å². The molecule has 40 heavy (non-hydrogen) atoms. The van der Waals surface area contributed by atoms with Crippen LogP contribution in [0.3, 0.4) is 0 Å². The Balaban J connectivity index is 1.55. The summed E-state index contributed by atoms with van der Waals surface area (Å²) >= 11 is 0. The van der Waals surface area contributed by atoms with E-state index in [-0.39, 0.29) is 37.0 Å². The standard InChI is InChI=1S/C27H31F4N5O4/c1-17-24(33-26(37)32-14-19-13-18(16-38-3)9-10-22(19)40-27(29,30)31)36(20-7-5-4-6-8-20)34-25(17)39-23-11-12-35(2)15-21(23)28/h4-10,13,21,23H,11-12,14-16H2,1-3H3,(H2,32,33,37)/t21-,23?/m0/s1. The molecular weight excluding hydrogens is 534 g/mol. The summed E-state index contributed by atoms with van der Waals surface area (Å²) in [4.78, 5) is 14.8. The van der Waals surface area contributed by atoms with E-state index >= 15 is 0 Å². The van der Waals surface area contributed by atoms with Crippen molar-refractivity contribution in [3.8, 4) is 17.3 Å². The van der Waals surface area contributed by atoms with Crippen LogP contribution in [0.25, 0.3) is 5.69 Å². The van der Waals surface area contributed by atoms with Crippen LogP contribution in [0.1, 0.15) is 23.1 Å². The summed E-state index contributed by atoms with van der Waals surface area (Å²) in [6.07, 6.45) is -6.32. The molecule has 1 aliphatic rings. The minimum absolute atomic E-state index is 0.107. The number of rotatable bonds is 9. The van der Waals surface area contributed by atoms with Crippen LogP contribution in [0, 0.1) is 6.92 Å². The number of nitrogens with zero attached hydrogens (tertiary/aromatic N) is 3. The third-order valence-electron chi connectivity index (χ3n) is 6.36. The van der Waals surface area contributed by atoms with Gasteiger partial charge in [-0.3, -0.25) is 5.32 Å². The summed E-state index contributed by atoms with van der Waals surface area (Å²) in [6, 6.07) is 12.3. The Bertz CT molecular complexity index is 1300. The van der Waals surface area contributed by atoms with Crippen LogP contribution < -0.4 is 20.1 Å². The molecule has 0 spiro atoms. The summed E-state index contributed by atoms with van der Waals surface area (Å²) in [7, 11) is 3.30. The Hall–Kier alpha value is -3.84. The largest absolute Gasteiger partial charge is 0.573 e. The molecule has 2 atom stereocenters. The van der Waals surface area contributed by atoms with Crippen molar-refractivity contribution in [2.24, 2.45) is 0 Å². The first-order valence-electron chi connectivity index (χ1n) is 12.6. The van der Waals surface area contributed by atoms with Crippen molar-refractivity contribution in [2.45, 2.75) is 45.1 Å². The van der Waals surface area contributed by atoms with E-state index in [4.69, 9.17) is 9.47 Å². The highest BCUT2D eigenvalue weighted by Gasteiger charge is 2.33. The van der Waals surface area contributed by atoms with Gasteiger partial charge in [-0.25, -0.2) is 13.9 Å². The number of carbonyl (C=O) groups is 1. The smallest absolute Gasteiger partial charge is 0.470 e. The van der Waals surface area contributed by atoms with Crippen LogP contribution in [-0.4, -0.2) is 66.6 Å². The molecule has 9 nitrogen and oxygen atoms in total. The molecule has 1 saturated heterocycles. The second-order valence-corrected chi connectivity index (χ2v) is 9.48. The molecule has 3 aromatic rings. The predicted molar refractivity (Wildman–Crippen MR) is 139 cm³/mol. The molecule has 0 radical (unpaired) electrons. The number of hydrogen-bond acceptors (Lipinski definition) is 6. The Morgan fingerprint density at radius 3 is 2.60 bits per heavy atom. The van der Waals surface area contributed by atoms with E-state index < -0.39 is 30.4 Å². The van der Waals surface area contributed by atoms with Gasteiger partial charge in [0.2, 0.25) is 5.88 Å². The Kier molecular flexibility index (Phi) is 9.15. The van der Waals surface area contributed by atoms with E-state index in [1.54, 1.807) is 31.2 Å². The molecule has 0 saturated carbocycles. The highest BCUT2D eigenvalue weighted by atomic mass is 19.4. The van der Waals surface area contributed by atoms with Gasteiger partial charge in [-0.2, -0.15) is 0 Å². The van der Waals surface area contributed by atoms with E-state index in [9.17, 15) is 22.4 Å². The number of methoxy groups -OCH3 is 1. The van der Waals surface area contributed by atoms with E-state index in [1.165, 1.54) is 30.0 Å². The van der Waals surface area contributed by atoms with Gasteiger partial charge in [0.1, 0.15) is 23.8 Å². The van der Waals surface area contributed by atoms with Gasteiger partial charge in [0.05, 0.1) is 17.9 Å². The van der Waals surface area contributed by atoms with Crippen molar-refractivity contribution in [2.75, 3.05) is 32.6 Å². The highest BCUT2D eigenvalue weighted by molar-refractivity contribution is 5.89. The summed E-state index contributed by atoms with van der Waals surface area (Å²) in [5, 5.41) is 9.78. The molecular formula is C27H31F4N5O4. The van der Waals surface area contributed by atoms with Crippen LogP contribution >= 0.6 is 0 Å². The van der Waals surface area contributed by atoms with E-state index in [0.717, 1.165) is 0 Å². The molecule has 2 amide bonds. The SMILES string of the molecule is COCc1ccc(OC(F)(F)F)c(CNC(=O)Nc2c(C)c(OC3CCN(C)C[C@@H]3F)nn2-c2ccccc2)c1. The van der Waals surface area contributed by atoms with Crippen molar-refractivity contribution in [1.29, 1.82) is 0 Å². The first kappa shape index (κ1) is 29.2. The molecule has 2 aromatic carbocycles. The van der Waals surface area contributed by atoms with Crippen LogP contribution in [0.5, 0.6) is 11.6 Å². The van der Waals surface area contributed by atoms with Gasteiger partial charge in [-0.05, 0) is 50.2 Å². The summed E-state index contributed by atoms with van der Waals surface area (Å²) < 4.78 is 70.0. The maximum Gasteiger partial charge on any atom is 0.573 e. The van der Waals surface area contributed by atoms with Crippen molar-refractivity contribution in [3.05, 3.63) is 65.2 Å². The van der Waals surface area contributed by atoms with Gasteiger partial charge in [-0.15, -0.1) is 18.3 Å². The molecule has 0 bridgehead atoms. The number of amides is 2. The lowest BCUT2D eigenvalue weighted by atomic mass is 10.1. The number of anilines is 1. The maximum atomic E-state index is 14.7. The number of nitrogens with one attached hydrogen (secondary N) is 2. The van der Waals surface area contributed by atoms with Crippen LogP contribution in [-0.2, 0) is 17.9 Å². The van der Waals surface area contributed by atoms with Crippen molar-refractivity contribution >= 4 is 11.8 Å². The van der Waals surface area contributed by atoms with Crippen LogP contribution in [0.15, 0.2) is 48.5 Å². The van der Waals surface area contributed by atoms with Gasteiger partial charge in [-0.1, -0.05) is 24.3 Å². The van der Waals surface area contributed by atoms with Crippen molar-refractivity contribution in [1.82, 2.24) is 20.0 Å². The summed E-state index contributed by atoms with van der Waals surface area (Å²) in [5.74, 6) is -0.000767. The highest BCUT2D eigenvalue weighted by Crippen LogP contribution is 2.31.